The zero-order valence-electron chi connectivity index (χ0n) is 21.4. The first-order valence-electron chi connectivity index (χ1n) is 12.3. The molecule has 36 heavy (non-hydrogen) atoms. The molecule has 0 unspecified atom stereocenters. The van der Waals surface area contributed by atoms with Gasteiger partial charge in [-0.25, -0.2) is 0 Å². The van der Waals surface area contributed by atoms with Crippen molar-refractivity contribution in [2.75, 3.05) is 6.61 Å². The molecular formula is C30H35ClN2O3. The van der Waals surface area contributed by atoms with E-state index in [9.17, 15) is 9.59 Å². The van der Waals surface area contributed by atoms with Crippen molar-refractivity contribution in [1.29, 1.82) is 0 Å². The highest BCUT2D eigenvalue weighted by atomic mass is 35.5. The first-order chi connectivity index (χ1) is 17.2. The topological polar surface area (TPSA) is 58.6 Å². The van der Waals surface area contributed by atoms with Crippen molar-refractivity contribution >= 4 is 23.4 Å². The molecule has 2 amide bonds. The number of amides is 2. The lowest BCUT2D eigenvalue weighted by Crippen LogP contribution is -2.52. The molecule has 3 rings (SSSR count). The molecule has 0 saturated carbocycles. The predicted octanol–water partition coefficient (Wildman–Crippen LogP) is 6.01. The van der Waals surface area contributed by atoms with Gasteiger partial charge in [0.1, 0.15) is 11.8 Å². The first kappa shape index (κ1) is 27.3. The summed E-state index contributed by atoms with van der Waals surface area (Å²) < 4.78 is 6.02. The van der Waals surface area contributed by atoms with E-state index in [0.717, 1.165) is 16.7 Å². The Morgan fingerprint density at radius 2 is 1.50 bits per heavy atom. The molecule has 0 aliphatic carbocycles. The summed E-state index contributed by atoms with van der Waals surface area (Å²) in [5.41, 5.74) is 2.89. The maximum absolute atomic E-state index is 13.7. The number of rotatable bonds is 11. The highest BCUT2D eigenvalue weighted by molar-refractivity contribution is 6.30. The van der Waals surface area contributed by atoms with Crippen LogP contribution in [-0.2, 0) is 22.6 Å². The van der Waals surface area contributed by atoms with Crippen molar-refractivity contribution in [3.63, 3.8) is 0 Å². The van der Waals surface area contributed by atoms with Crippen LogP contribution in [0.1, 0.15) is 50.3 Å². The number of ether oxygens (including phenoxy) is 1. The Kier molecular flexibility index (Phi) is 9.95. The Balaban J connectivity index is 1.92. The smallest absolute Gasteiger partial charge is 0.261 e. The lowest BCUT2D eigenvalue weighted by Gasteiger charge is -2.32. The maximum Gasteiger partial charge on any atom is 0.261 e. The molecule has 0 fully saturated rings. The summed E-state index contributed by atoms with van der Waals surface area (Å²) in [7, 11) is 0. The van der Waals surface area contributed by atoms with Gasteiger partial charge in [0, 0.05) is 24.0 Å². The van der Waals surface area contributed by atoms with Gasteiger partial charge in [-0.3, -0.25) is 9.59 Å². The van der Waals surface area contributed by atoms with E-state index in [2.05, 4.69) is 19.2 Å². The number of carbonyl (C=O) groups is 2. The number of nitrogens with one attached hydrogen (secondary N) is 1. The molecule has 0 bridgehead atoms. The van der Waals surface area contributed by atoms with E-state index >= 15 is 0 Å². The second-order valence-corrected chi connectivity index (χ2v) is 9.93. The van der Waals surface area contributed by atoms with Crippen LogP contribution in [0, 0.1) is 0 Å². The van der Waals surface area contributed by atoms with Crippen molar-refractivity contribution in [1.82, 2.24) is 10.2 Å². The standard InChI is InChI=1S/C30H35ClN2O3/c1-21(2)26-12-8-9-13-28(26)36-20-29(34)33(19-24-14-16-25(31)17-15-24)27(30(35)32-22(3)4)18-23-10-6-5-7-11-23/h5-17,21-22,27H,18-20H2,1-4H3,(H,32,35)/t27-/m0/s1. The number of halogens is 1. The molecule has 1 atom stereocenters. The molecular weight excluding hydrogens is 472 g/mol. The summed E-state index contributed by atoms with van der Waals surface area (Å²) in [6.45, 7) is 8.08. The zero-order valence-corrected chi connectivity index (χ0v) is 22.2. The number of carbonyl (C=O) groups excluding carboxylic acids is 2. The lowest BCUT2D eigenvalue weighted by atomic mass is 10.0. The van der Waals surface area contributed by atoms with Gasteiger partial charge in [-0.2, -0.15) is 0 Å². The number of para-hydroxylation sites is 1. The van der Waals surface area contributed by atoms with Gasteiger partial charge in [0.15, 0.2) is 6.61 Å². The molecule has 5 nitrogen and oxygen atoms in total. The number of benzene rings is 3. The summed E-state index contributed by atoms with van der Waals surface area (Å²) in [5, 5.41) is 3.61. The van der Waals surface area contributed by atoms with Gasteiger partial charge < -0.3 is 15.0 Å². The van der Waals surface area contributed by atoms with Crippen LogP contribution in [0.2, 0.25) is 5.02 Å². The van der Waals surface area contributed by atoms with Crippen molar-refractivity contribution in [2.24, 2.45) is 0 Å². The van der Waals surface area contributed by atoms with Crippen molar-refractivity contribution in [3.05, 3.63) is 101 Å². The molecule has 0 aliphatic heterocycles. The van der Waals surface area contributed by atoms with E-state index in [-0.39, 0.29) is 36.9 Å². The molecule has 0 heterocycles. The molecule has 3 aromatic rings. The van der Waals surface area contributed by atoms with E-state index in [1.165, 1.54) is 0 Å². The van der Waals surface area contributed by atoms with Crippen LogP contribution in [0.5, 0.6) is 5.75 Å². The first-order valence-corrected chi connectivity index (χ1v) is 12.7. The molecule has 1 N–H and O–H groups in total. The zero-order chi connectivity index (χ0) is 26.1. The molecule has 190 valence electrons. The third kappa shape index (κ3) is 7.85. The number of hydrogen-bond acceptors (Lipinski definition) is 3. The summed E-state index contributed by atoms with van der Waals surface area (Å²) >= 11 is 6.08. The van der Waals surface area contributed by atoms with Crippen LogP contribution < -0.4 is 10.1 Å². The summed E-state index contributed by atoms with van der Waals surface area (Å²) in [4.78, 5) is 28.7. The minimum Gasteiger partial charge on any atom is -0.483 e. The lowest BCUT2D eigenvalue weighted by molar-refractivity contribution is -0.143. The Morgan fingerprint density at radius 1 is 0.861 bits per heavy atom. The van der Waals surface area contributed by atoms with Gasteiger partial charge >= 0.3 is 0 Å². The van der Waals surface area contributed by atoms with Crippen LogP contribution >= 0.6 is 11.6 Å². The number of hydrogen-bond donors (Lipinski definition) is 1. The van der Waals surface area contributed by atoms with Crippen LogP contribution in [-0.4, -0.2) is 35.4 Å². The largest absolute Gasteiger partial charge is 0.483 e. The highest BCUT2D eigenvalue weighted by Gasteiger charge is 2.31. The number of nitrogens with zero attached hydrogens (tertiary/aromatic N) is 1. The normalized spacial score (nSPS) is 11.9. The van der Waals surface area contributed by atoms with Crippen molar-refractivity contribution in [2.45, 2.75) is 58.7 Å². The van der Waals surface area contributed by atoms with Gasteiger partial charge in [-0.05, 0) is 54.7 Å². The molecule has 3 aromatic carbocycles. The van der Waals surface area contributed by atoms with Gasteiger partial charge in [-0.1, -0.05) is 86.1 Å². The summed E-state index contributed by atoms with van der Waals surface area (Å²) in [6, 6.07) is 24.0. The van der Waals surface area contributed by atoms with Crippen LogP contribution in [0.3, 0.4) is 0 Å². The second kappa shape index (κ2) is 13.1. The van der Waals surface area contributed by atoms with Crippen molar-refractivity contribution in [3.8, 4) is 5.75 Å². The van der Waals surface area contributed by atoms with Gasteiger partial charge in [0.25, 0.3) is 5.91 Å². The second-order valence-electron chi connectivity index (χ2n) is 9.50. The van der Waals surface area contributed by atoms with E-state index in [0.29, 0.717) is 17.2 Å². The summed E-state index contributed by atoms with van der Waals surface area (Å²) in [6.07, 6.45) is 0.390. The Morgan fingerprint density at radius 3 is 2.14 bits per heavy atom. The molecule has 0 aliphatic rings. The fraction of sp³-hybridized carbons (Fsp3) is 0.333. The Labute approximate surface area is 219 Å². The Hall–Kier alpha value is -3.31. The molecule has 0 radical (unpaired) electrons. The SMILES string of the molecule is CC(C)NC(=O)[C@H](Cc1ccccc1)N(Cc1ccc(Cl)cc1)C(=O)COc1ccccc1C(C)C. The third-order valence-corrected chi connectivity index (χ3v) is 6.11. The van der Waals surface area contributed by atoms with E-state index < -0.39 is 6.04 Å². The maximum atomic E-state index is 13.7. The molecule has 6 heteroatoms. The quantitative estimate of drug-likeness (QED) is 0.346. The predicted molar refractivity (Wildman–Crippen MR) is 145 cm³/mol. The minimum atomic E-state index is -0.707. The van der Waals surface area contributed by atoms with Gasteiger partial charge in [-0.15, -0.1) is 0 Å². The van der Waals surface area contributed by atoms with Crippen LogP contribution in [0.15, 0.2) is 78.9 Å². The Bertz CT molecular complexity index is 1130. The van der Waals surface area contributed by atoms with Crippen LogP contribution in [0.25, 0.3) is 0 Å². The minimum absolute atomic E-state index is 0.0579. The molecule has 0 aromatic heterocycles. The average molecular weight is 507 g/mol. The van der Waals surface area contributed by atoms with E-state index in [1.54, 1.807) is 17.0 Å². The van der Waals surface area contributed by atoms with Gasteiger partial charge in [0.05, 0.1) is 0 Å². The molecule has 0 spiro atoms. The fourth-order valence-electron chi connectivity index (χ4n) is 4.03. The van der Waals surface area contributed by atoms with Gasteiger partial charge in [0.2, 0.25) is 5.91 Å². The van der Waals surface area contributed by atoms with Crippen molar-refractivity contribution < 1.29 is 14.3 Å². The van der Waals surface area contributed by atoms with Crippen LogP contribution in [0.4, 0.5) is 0 Å². The van der Waals surface area contributed by atoms with E-state index in [4.69, 9.17) is 16.3 Å². The monoisotopic (exact) mass is 506 g/mol. The molecule has 0 saturated heterocycles. The van der Waals surface area contributed by atoms with E-state index in [1.807, 2.05) is 80.6 Å². The highest BCUT2D eigenvalue weighted by Crippen LogP contribution is 2.26. The summed E-state index contributed by atoms with van der Waals surface area (Å²) in [5.74, 6) is 0.477. The average Bonchev–Trinajstić information content (AvgIpc) is 2.86. The fourth-order valence-corrected chi connectivity index (χ4v) is 4.16. The third-order valence-electron chi connectivity index (χ3n) is 5.86.